The van der Waals surface area contributed by atoms with Gasteiger partial charge in [0.15, 0.2) is 11.1 Å². The molecule has 2 atom stereocenters. The molecule has 7 rings (SSSR count). The lowest BCUT2D eigenvalue weighted by atomic mass is 9.67. The summed E-state index contributed by atoms with van der Waals surface area (Å²) in [5.74, 6) is -1.42. The van der Waals surface area contributed by atoms with Crippen molar-refractivity contribution in [2.45, 2.75) is 49.5 Å². The molecule has 0 saturated carbocycles. The summed E-state index contributed by atoms with van der Waals surface area (Å²) in [5.41, 5.74) is 13.9. The molecule has 0 radical (unpaired) electrons. The van der Waals surface area contributed by atoms with Crippen molar-refractivity contribution in [3.8, 4) is 0 Å². The second-order valence-electron chi connectivity index (χ2n) is 15.9. The third-order valence-corrected chi connectivity index (χ3v) is 12.1. The first-order chi connectivity index (χ1) is 29.5. The highest BCUT2D eigenvalue weighted by atomic mass is 35.5. The van der Waals surface area contributed by atoms with E-state index in [1.165, 1.54) is 17.0 Å². The van der Waals surface area contributed by atoms with E-state index in [0.29, 0.717) is 33.9 Å². The van der Waals surface area contributed by atoms with Crippen LogP contribution in [0.4, 0.5) is 24.5 Å². The first-order valence-corrected chi connectivity index (χ1v) is 20.6. The number of alkyl halides is 3. The fourth-order valence-electron chi connectivity index (χ4n) is 7.88. The molecule has 2 unspecified atom stereocenters. The van der Waals surface area contributed by atoms with Crippen LogP contribution in [-0.2, 0) is 50.0 Å². The average molecular weight is 861 g/mol. The van der Waals surface area contributed by atoms with Crippen molar-refractivity contribution in [3.63, 3.8) is 0 Å². The number of nitrogens with zero attached hydrogens (tertiary/aromatic N) is 2. The maximum absolute atomic E-state index is 16.1. The van der Waals surface area contributed by atoms with Crippen LogP contribution in [0.15, 0.2) is 152 Å². The molecule has 8 nitrogen and oxygen atoms in total. The van der Waals surface area contributed by atoms with Gasteiger partial charge in [0.05, 0.1) is 18.8 Å². The third kappa shape index (κ3) is 8.77. The predicted octanol–water partition coefficient (Wildman–Crippen LogP) is 8.75. The van der Waals surface area contributed by atoms with Crippen molar-refractivity contribution in [1.82, 2.24) is 0 Å². The molecular weight excluding hydrogens is 813 g/mol. The van der Waals surface area contributed by atoms with Gasteiger partial charge in [-0.15, -0.1) is 0 Å². The molecule has 1 aliphatic rings. The van der Waals surface area contributed by atoms with E-state index >= 15 is 9.59 Å². The summed E-state index contributed by atoms with van der Waals surface area (Å²) in [6.07, 6.45) is -4.04. The van der Waals surface area contributed by atoms with Gasteiger partial charge in [-0.25, -0.2) is 0 Å². The lowest BCUT2D eigenvalue weighted by Gasteiger charge is -2.48. The van der Waals surface area contributed by atoms with Gasteiger partial charge in [0.25, 0.3) is 11.8 Å². The minimum absolute atomic E-state index is 0.0412. The molecule has 0 aromatic heterocycles. The Bertz CT molecular complexity index is 2520. The number of hydrogen-bond acceptors (Lipinski definition) is 6. The first kappa shape index (κ1) is 44.2. The number of anilines is 2. The van der Waals surface area contributed by atoms with Crippen molar-refractivity contribution in [1.29, 1.82) is 0 Å². The summed E-state index contributed by atoms with van der Waals surface area (Å²) < 4.78 is 46.0. The summed E-state index contributed by atoms with van der Waals surface area (Å²) in [6, 6.07) is 41.5. The van der Waals surface area contributed by atoms with E-state index in [-0.39, 0.29) is 43.9 Å². The molecule has 1 aliphatic heterocycles. The number of amides is 2. The Kier molecular flexibility index (Phi) is 12.8. The molecule has 6 aromatic carbocycles. The number of carbonyl (C=O) groups is 2. The van der Waals surface area contributed by atoms with Gasteiger partial charge in [0, 0.05) is 29.5 Å². The standard InChI is InChI=1S/C50H48ClF3N4O4/c1-34-16-25-44(30-35(34)2)58(29-27-37-19-23-42(51)24-20-37)46(60)49(56,39-12-7-4-8-13-39)48(55,38-10-5-3-6-11-38)45(59)57(28-26-36-17-21-40(22-18-36)50(52,53)54)43-15-9-14-41(31-43)47(61)32-62-33-47/h3-25,30-31,61H,26-29,32-33,55-56H2,1-2H3. The lowest BCUT2D eigenvalue weighted by molar-refractivity contribution is -0.184. The van der Waals surface area contributed by atoms with Gasteiger partial charge in [0.2, 0.25) is 0 Å². The molecule has 1 saturated heterocycles. The lowest BCUT2D eigenvalue weighted by Crippen LogP contribution is -2.74. The second-order valence-corrected chi connectivity index (χ2v) is 16.4. The molecule has 6 aromatic rings. The van der Waals surface area contributed by atoms with Crippen LogP contribution >= 0.6 is 11.6 Å². The van der Waals surface area contributed by atoms with E-state index in [9.17, 15) is 18.3 Å². The minimum Gasteiger partial charge on any atom is -0.380 e. The Balaban J connectivity index is 1.41. The summed E-state index contributed by atoms with van der Waals surface area (Å²) >= 11 is 6.22. The SMILES string of the molecule is Cc1ccc(N(CCc2ccc(Cl)cc2)C(=O)C(N)(c2ccccc2)C(N)(C(=O)N(CCc2ccc(C(F)(F)F)cc2)c2cccc(C3(O)COC3)c2)c2ccccc2)cc1C. The highest BCUT2D eigenvalue weighted by Gasteiger charge is 2.61. The number of carbonyl (C=O) groups excluding carboxylic acids is 2. The average Bonchev–Trinajstić information content (AvgIpc) is 3.27. The van der Waals surface area contributed by atoms with E-state index in [4.69, 9.17) is 27.8 Å². The Morgan fingerprint density at radius 3 is 1.56 bits per heavy atom. The number of hydrogen-bond donors (Lipinski definition) is 3. The van der Waals surface area contributed by atoms with Crippen molar-refractivity contribution < 1.29 is 32.6 Å². The van der Waals surface area contributed by atoms with Gasteiger partial charge < -0.3 is 31.1 Å². The van der Waals surface area contributed by atoms with Crippen molar-refractivity contribution in [3.05, 3.63) is 201 Å². The molecule has 0 spiro atoms. The number of ether oxygens (including phenoxy) is 1. The Hall–Kier alpha value is -5.82. The smallest absolute Gasteiger partial charge is 0.380 e. The van der Waals surface area contributed by atoms with Crippen LogP contribution in [0.1, 0.15) is 44.5 Å². The molecule has 2 amide bonds. The Labute approximate surface area is 364 Å². The third-order valence-electron chi connectivity index (χ3n) is 11.9. The Morgan fingerprint density at radius 1 is 0.629 bits per heavy atom. The zero-order chi connectivity index (χ0) is 44.3. The molecule has 320 valence electrons. The van der Waals surface area contributed by atoms with Gasteiger partial charge in [-0.3, -0.25) is 9.59 Å². The summed E-state index contributed by atoms with van der Waals surface area (Å²) in [4.78, 5) is 35.1. The second kappa shape index (κ2) is 17.9. The van der Waals surface area contributed by atoms with Crippen molar-refractivity contribution in [2.24, 2.45) is 11.5 Å². The van der Waals surface area contributed by atoms with Crippen LogP contribution < -0.4 is 21.3 Å². The molecule has 12 heteroatoms. The largest absolute Gasteiger partial charge is 0.416 e. The molecule has 0 aliphatic carbocycles. The fraction of sp³-hybridized carbons (Fsp3) is 0.240. The molecular formula is C50H48ClF3N4O4. The van der Waals surface area contributed by atoms with Crippen molar-refractivity contribution >= 4 is 34.8 Å². The normalized spacial score (nSPS) is 15.4. The number of aliphatic hydroxyl groups is 1. The highest BCUT2D eigenvalue weighted by molar-refractivity contribution is 6.30. The van der Waals surface area contributed by atoms with E-state index in [1.54, 1.807) is 102 Å². The van der Waals surface area contributed by atoms with E-state index in [1.807, 2.05) is 44.2 Å². The number of nitrogens with two attached hydrogens (primary N) is 2. The highest BCUT2D eigenvalue weighted by Crippen LogP contribution is 2.43. The van der Waals surface area contributed by atoms with Crippen LogP contribution in [-0.4, -0.2) is 43.2 Å². The zero-order valence-electron chi connectivity index (χ0n) is 34.4. The van der Waals surface area contributed by atoms with Gasteiger partial charge in [-0.05, 0) is 114 Å². The van der Waals surface area contributed by atoms with Gasteiger partial charge >= 0.3 is 6.18 Å². The fourth-order valence-corrected chi connectivity index (χ4v) is 8.00. The predicted molar refractivity (Wildman–Crippen MR) is 237 cm³/mol. The summed E-state index contributed by atoms with van der Waals surface area (Å²) in [7, 11) is 0. The summed E-state index contributed by atoms with van der Waals surface area (Å²) in [5, 5.41) is 11.9. The van der Waals surface area contributed by atoms with Gasteiger partial charge in [-0.2, -0.15) is 13.2 Å². The molecule has 5 N–H and O–H groups in total. The van der Waals surface area contributed by atoms with Gasteiger partial charge in [0.1, 0.15) is 5.60 Å². The van der Waals surface area contributed by atoms with Crippen LogP contribution in [0.25, 0.3) is 0 Å². The molecule has 1 heterocycles. The van der Waals surface area contributed by atoms with E-state index in [2.05, 4.69) is 0 Å². The molecule has 1 fully saturated rings. The number of aryl methyl sites for hydroxylation is 2. The Morgan fingerprint density at radius 2 is 1.11 bits per heavy atom. The summed E-state index contributed by atoms with van der Waals surface area (Å²) in [6.45, 7) is 4.06. The van der Waals surface area contributed by atoms with E-state index < -0.39 is 40.2 Å². The minimum atomic E-state index is -4.53. The number of halogens is 4. The maximum Gasteiger partial charge on any atom is 0.416 e. The topological polar surface area (TPSA) is 122 Å². The number of rotatable bonds is 14. The van der Waals surface area contributed by atoms with Crippen molar-refractivity contribution in [2.75, 3.05) is 36.1 Å². The molecule has 62 heavy (non-hydrogen) atoms. The first-order valence-electron chi connectivity index (χ1n) is 20.3. The van der Waals surface area contributed by atoms with Crippen LogP contribution in [0.5, 0.6) is 0 Å². The maximum atomic E-state index is 16.1. The van der Waals surface area contributed by atoms with Crippen LogP contribution in [0.3, 0.4) is 0 Å². The number of benzene rings is 6. The van der Waals surface area contributed by atoms with Gasteiger partial charge in [-0.1, -0.05) is 115 Å². The zero-order valence-corrected chi connectivity index (χ0v) is 35.2. The van der Waals surface area contributed by atoms with E-state index in [0.717, 1.165) is 28.8 Å². The van der Waals surface area contributed by atoms with Crippen LogP contribution in [0.2, 0.25) is 5.02 Å². The monoisotopic (exact) mass is 860 g/mol. The molecule has 0 bridgehead atoms. The quantitative estimate of drug-likeness (QED) is 0.101. The van der Waals surface area contributed by atoms with Crippen LogP contribution in [0, 0.1) is 13.8 Å².